The van der Waals surface area contributed by atoms with Crippen molar-refractivity contribution in [3.05, 3.63) is 29.3 Å². The van der Waals surface area contributed by atoms with Gasteiger partial charge in [-0.3, -0.25) is 9.18 Å². The Morgan fingerprint density at radius 2 is 2.29 bits per heavy atom. The molecule has 1 unspecified atom stereocenters. The molecule has 0 aliphatic carbocycles. The van der Waals surface area contributed by atoms with E-state index in [-0.39, 0.29) is 12.8 Å². The number of hydrogen-bond acceptors (Lipinski definition) is 3. The lowest BCUT2D eigenvalue weighted by atomic mass is 10.0. The molecule has 4 nitrogen and oxygen atoms in total. The van der Waals surface area contributed by atoms with E-state index in [2.05, 4.69) is 0 Å². The third-order valence-electron chi connectivity index (χ3n) is 2.48. The molecular formula is C12H16FNO3. The summed E-state index contributed by atoms with van der Waals surface area (Å²) in [5.41, 5.74) is 6.93. The van der Waals surface area contributed by atoms with Gasteiger partial charge in [-0.15, -0.1) is 0 Å². The number of nitrogens with two attached hydrogens (primary N) is 1. The minimum absolute atomic E-state index is 0.221. The van der Waals surface area contributed by atoms with Crippen LogP contribution in [0.4, 0.5) is 4.39 Å². The van der Waals surface area contributed by atoms with Gasteiger partial charge in [-0.05, 0) is 23.6 Å². The molecule has 0 aliphatic rings. The zero-order valence-corrected chi connectivity index (χ0v) is 9.65. The van der Waals surface area contributed by atoms with Crippen LogP contribution in [0.1, 0.15) is 11.1 Å². The van der Waals surface area contributed by atoms with Gasteiger partial charge in [0.15, 0.2) is 0 Å². The first-order valence-electron chi connectivity index (χ1n) is 5.28. The zero-order valence-electron chi connectivity index (χ0n) is 9.65. The van der Waals surface area contributed by atoms with E-state index in [0.29, 0.717) is 5.75 Å². The Balaban J connectivity index is 2.87. The van der Waals surface area contributed by atoms with E-state index in [0.717, 1.165) is 11.1 Å². The van der Waals surface area contributed by atoms with Gasteiger partial charge in [-0.1, -0.05) is 12.1 Å². The van der Waals surface area contributed by atoms with E-state index in [9.17, 15) is 9.18 Å². The van der Waals surface area contributed by atoms with E-state index in [1.165, 1.54) is 7.11 Å². The van der Waals surface area contributed by atoms with Crippen LogP contribution in [0, 0.1) is 0 Å². The second-order valence-corrected chi connectivity index (χ2v) is 3.73. The molecular weight excluding hydrogens is 224 g/mol. The lowest BCUT2D eigenvalue weighted by Gasteiger charge is -2.11. The van der Waals surface area contributed by atoms with Crippen molar-refractivity contribution in [2.45, 2.75) is 18.9 Å². The van der Waals surface area contributed by atoms with Gasteiger partial charge >= 0.3 is 5.97 Å². The summed E-state index contributed by atoms with van der Waals surface area (Å²) in [6.45, 7) is -0.481. The van der Waals surface area contributed by atoms with Crippen LogP contribution in [0.3, 0.4) is 0 Å². The molecule has 94 valence electrons. The lowest BCUT2D eigenvalue weighted by Crippen LogP contribution is -2.32. The number of hydrogen-bond donors (Lipinski definition) is 2. The number of carboxylic acids is 1. The number of benzene rings is 1. The molecule has 0 saturated carbocycles. The molecule has 0 spiro atoms. The Bertz CT molecular complexity index is 395. The van der Waals surface area contributed by atoms with Gasteiger partial charge in [0.2, 0.25) is 0 Å². The van der Waals surface area contributed by atoms with Crippen LogP contribution in [0.15, 0.2) is 18.2 Å². The van der Waals surface area contributed by atoms with Crippen molar-refractivity contribution in [2.75, 3.05) is 13.8 Å². The van der Waals surface area contributed by atoms with Crippen LogP contribution in [0.2, 0.25) is 0 Å². The first-order valence-corrected chi connectivity index (χ1v) is 5.28. The van der Waals surface area contributed by atoms with Crippen molar-refractivity contribution in [3.63, 3.8) is 0 Å². The van der Waals surface area contributed by atoms with Gasteiger partial charge in [0.25, 0.3) is 0 Å². The third kappa shape index (κ3) is 3.71. The average Bonchev–Trinajstić information content (AvgIpc) is 2.29. The molecule has 0 heterocycles. The second-order valence-electron chi connectivity index (χ2n) is 3.73. The maximum atomic E-state index is 12.3. The highest BCUT2D eigenvalue weighted by atomic mass is 18.2. The van der Waals surface area contributed by atoms with E-state index < -0.39 is 18.7 Å². The summed E-state index contributed by atoms with van der Waals surface area (Å²) in [6.07, 6.45) is 0.470. The Morgan fingerprint density at radius 1 is 1.59 bits per heavy atom. The highest BCUT2D eigenvalue weighted by molar-refractivity contribution is 5.73. The molecule has 0 amide bonds. The fourth-order valence-corrected chi connectivity index (χ4v) is 1.60. The van der Waals surface area contributed by atoms with Crippen LogP contribution in [-0.4, -0.2) is 30.9 Å². The summed E-state index contributed by atoms with van der Waals surface area (Å²) in [6, 6.07) is 4.24. The number of carboxylic acid groups (broad SMARTS) is 1. The Morgan fingerprint density at radius 3 is 2.82 bits per heavy atom. The molecule has 1 aromatic carbocycles. The fourth-order valence-electron chi connectivity index (χ4n) is 1.60. The third-order valence-corrected chi connectivity index (χ3v) is 2.48. The van der Waals surface area contributed by atoms with Crippen molar-refractivity contribution in [2.24, 2.45) is 5.73 Å². The lowest BCUT2D eigenvalue weighted by molar-refractivity contribution is -0.138. The van der Waals surface area contributed by atoms with E-state index in [4.69, 9.17) is 15.6 Å². The smallest absolute Gasteiger partial charge is 0.320 e. The first kappa shape index (κ1) is 13.4. The van der Waals surface area contributed by atoms with Crippen LogP contribution in [-0.2, 0) is 17.6 Å². The Hall–Kier alpha value is -1.62. The van der Waals surface area contributed by atoms with E-state index >= 15 is 0 Å². The van der Waals surface area contributed by atoms with Crippen molar-refractivity contribution in [3.8, 4) is 5.75 Å². The van der Waals surface area contributed by atoms with E-state index in [1.807, 2.05) is 0 Å². The van der Waals surface area contributed by atoms with Crippen molar-refractivity contribution >= 4 is 5.97 Å². The summed E-state index contributed by atoms with van der Waals surface area (Å²) in [7, 11) is 1.51. The van der Waals surface area contributed by atoms with Gasteiger partial charge in [0.1, 0.15) is 11.8 Å². The normalized spacial score (nSPS) is 12.2. The predicted molar refractivity (Wildman–Crippen MR) is 62.0 cm³/mol. The summed E-state index contributed by atoms with van der Waals surface area (Å²) >= 11 is 0. The quantitative estimate of drug-likeness (QED) is 0.782. The van der Waals surface area contributed by atoms with Crippen molar-refractivity contribution < 1.29 is 19.0 Å². The summed E-state index contributed by atoms with van der Waals surface area (Å²) < 4.78 is 17.4. The molecule has 1 atom stereocenters. The van der Waals surface area contributed by atoms with Gasteiger partial charge in [0, 0.05) is 6.42 Å². The van der Waals surface area contributed by atoms with Crippen LogP contribution in [0.25, 0.3) is 0 Å². The second kappa shape index (κ2) is 6.20. The highest BCUT2D eigenvalue weighted by Crippen LogP contribution is 2.21. The summed E-state index contributed by atoms with van der Waals surface area (Å²) in [5.74, 6) is -0.442. The number of alkyl halides is 1. The van der Waals surface area contributed by atoms with Crippen LogP contribution in [0.5, 0.6) is 5.75 Å². The SMILES string of the molecule is COc1ccc(CC(N)C(=O)O)cc1CC[18F]. The number of aliphatic carboxylic acids is 1. The van der Waals surface area contributed by atoms with Crippen molar-refractivity contribution in [1.82, 2.24) is 0 Å². The van der Waals surface area contributed by atoms with E-state index in [1.54, 1.807) is 18.2 Å². The molecule has 17 heavy (non-hydrogen) atoms. The van der Waals surface area contributed by atoms with Gasteiger partial charge in [0.05, 0.1) is 13.8 Å². The van der Waals surface area contributed by atoms with Gasteiger partial charge in [-0.2, -0.15) is 0 Å². The molecule has 1 rings (SSSR count). The topological polar surface area (TPSA) is 72.5 Å². The van der Waals surface area contributed by atoms with Crippen molar-refractivity contribution in [1.29, 1.82) is 0 Å². The Labute approximate surface area is 99.2 Å². The van der Waals surface area contributed by atoms with Crippen LogP contribution < -0.4 is 10.5 Å². The molecule has 1 aromatic rings. The number of aryl methyl sites for hydroxylation is 1. The molecule has 0 bridgehead atoms. The van der Waals surface area contributed by atoms with Gasteiger partial charge < -0.3 is 15.6 Å². The highest BCUT2D eigenvalue weighted by Gasteiger charge is 2.13. The zero-order chi connectivity index (χ0) is 12.8. The average molecular weight is 240 g/mol. The minimum Gasteiger partial charge on any atom is -0.496 e. The molecule has 0 radical (unpaired) electrons. The number of methoxy groups -OCH3 is 1. The summed E-state index contributed by atoms with van der Waals surface area (Å²) in [4.78, 5) is 10.6. The molecule has 0 fully saturated rings. The summed E-state index contributed by atoms with van der Waals surface area (Å²) in [5, 5.41) is 8.71. The molecule has 3 N–H and O–H groups in total. The maximum Gasteiger partial charge on any atom is 0.320 e. The first-order chi connectivity index (χ1) is 8.08. The Kier molecular flexibility index (Phi) is 4.90. The molecule has 0 saturated heterocycles. The maximum absolute atomic E-state index is 12.3. The largest absolute Gasteiger partial charge is 0.496 e. The van der Waals surface area contributed by atoms with Crippen LogP contribution >= 0.6 is 0 Å². The fraction of sp³-hybridized carbons (Fsp3) is 0.417. The monoisotopic (exact) mass is 240 g/mol. The minimum atomic E-state index is -1.05. The molecule has 0 aromatic heterocycles. The molecule has 5 heteroatoms. The number of carbonyl (C=O) groups is 1. The predicted octanol–water partition coefficient (Wildman–Crippen LogP) is 1.16. The number of halogens is 1. The van der Waals surface area contributed by atoms with Gasteiger partial charge in [-0.25, -0.2) is 0 Å². The number of ether oxygens (including phenoxy) is 1. The number of rotatable bonds is 6. The standard InChI is InChI=1S/C12H16FNO3/c1-17-11-3-2-8(6-9(11)4-5-13)7-10(14)12(15)16/h2-3,6,10H,4-5,7,14H2,1H3,(H,15,16)/i13-1. The molecule has 0 aliphatic heterocycles.